The van der Waals surface area contributed by atoms with E-state index in [1.165, 1.54) is 11.3 Å². The first-order valence-corrected chi connectivity index (χ1v) is 7.06. The number of nitrogens with zero attached hydrogens (tertiary/aromatic N) is 3. The maximum absolute atomic E-state index is 5.64. The van der Waals surface area contributed by atoms with Crippen LogP contribution in [0.4, 0.5) is 0 Å². The molecule has 1 atom stereocenters. The minimum atomic E-state index is -0.190. The van der Waals surface area contributed by atoms with Crippen LogP contribution in [-0.2, 0) is 11.3 Å². The highest BCUT2D eigenvalue weighted by molar-refractivity contribution is 9.10. The van der Waals surface area contributed by atoms with E-state index >= 15 is 0 Å². The topological polar surface area (TPSA) is 78.0 Å². The summed E-state index contributed by atoms with van der Waals surface area (Å²) in [6.45, 7) is 1.26. The van der Waals surface area contributed by atoms with Crippen LogP contribution in [0.25, 0.3) is 0 Å². The molecule has 1 unspecified atom stereocenters. The van der Waals surface area contributed by atoms with Crippen LogP contribution in [0.15, 0.2) is 21.6 Å². The maximum Gasteiger partial charge on any atom is 0.107 e. The minimum Gasteiger partial charge on any atom is -0.383 e. The van der Waals surface area contributed by atoms with E-state index in [1.54, 1.807) is 18.8 Å². The number of rotatable bonds is 6. The molecule has 0 aliphatic rings. The molecule has 2 heterocycles. The van der Waals surface area contributed by atoms with Crippen molar-refractivity contribution in [1.29, 1.82) is 0 Å². The largest absolute Gasteiger partial charge is 0.383 e. The summed E-state index contributed by atoms with van der Waals surface area (Å²) in [7, 11) is 1.66. The van der Waals surface area contributed by atoms with Gasteiger partial charge in [0.15, 0.2) is 0 Å². The normalized spacial score (nSPS) is 12.8. The summed E-state index contributed by atoms with van der Waals surface area (Å²) < 4.78 is 7.83. The fourth-order valence-electron chi connectivity index (χ4n) is 1.68. The van der Waals surface area contributed by atoms with Gasteiger partial charge in [-0.2, -0.15) is 5.10 Å². The average molecular weight is 332 g/mol. The van der Waals surface area contributed by atoms with Gasteiger partial charge in [0.2, 0.25) is 0 Å². The third kappa shape index (κ3) is 2.78. The van der Waals surface area contributed by atoms with E-state index in [2.05, 4.69) is 31.4 Å². The summed E-state index contributed by atoms with van der Waals surface area (Å²) in [5.74, 6) is 5.64. The van der Waals surface area contributed by atoms with Crippen molar-refractivity contribution < 1.29 is 4.74 Å². The van der Waals surface area contributed by atoms with Gasteiger partial charge in [-0.25, -0.2) is 10.4 Å². The van der Waals surface area contributed by atoms with Crippen molar-refractivity contribution in [2.24, 2.45) is 5.84 Å². The molecule has 0 spiro atoms. The second kappa shape index (κ2) is 6.39. The van der Waals surface area contributed by atoms with Crippen molar-refractivity contribution in [2.45, 2.75) is 12.6 Å². The maximum atomic E-state index is 5.64. The van der Waals surface area contributed by atoms with Gasteiger partial charge in [0, 0.05) is 12.5 Å². The molecule has 18 heavy (non-hydrogen) atoms. The molecular formula is C10H14BrN5OS. The molecule has 0 radical (unpaired) electrons. The Morgan fingerprint density at radius 3 is 3.11 bits per heavy atom. The van der Waals surface area contributed by atoms with Gasteiger partial charge in [-0.3, -0.25) is 10.5 Å². The molecule has 2 rings (SSSR count). The Hall–Kier alpha value is -0.800. The van der Waals surface area contributed by atoms with Gasteiger partial charge in [0.1, 0.15) is 6.04 Å². The van der Waals surface area contributed by atoms with Crippen molar-refractivity contribution in [3.63, 3.8) is 0 Å². The number of aromatic nitrogens is 3. The number of ether oxygens (including phenoxy) is 1. The third-order valence-corrected chi connectivity index (χ3v) is 3.74. The molecule has 0 amide bonds. The van der Waals surface area contributed by atoms with Crippen LogP contribution in [-0.4, -0.2) is 28.5 Å². The predicted molar refractivity (Wildman–Crippen MR) is 73.1 cm³/mol. The number of halogens is 1. The van der Waals surface area contributed by atoms with Crippen molar-refractivity contribution in [3.8, 4) is 0 Å². The Kier molecular flexibility index (Phi) is 4.84. The summed E-state index contributed by atoms with van der Waals surface area (Å²) in [5, 5.41) is 6.26. The zero-order valence-electron chi connectivity index (χ0n) is 9.84. The van der Waals surface area contributed by atoms with Crippen LogP contribution in [0.2, 0.25) is 0 Å². The molecule has 0 bridgehead atoms. The molecular weight excluding hydrogens is 318 g/mol. The Balaban J connectivity index is 2.32. The van der Waals surface area contributed by atoms with Crippen molar-refractivity contribution >= 4 is 27.3 Å². The van der Waals surface area contributed by atoms with E-state index in [4.69, 9.17) is 10.6 Å². The lowest BCUT2D eigenvalue weighted by molar-refractivity contribution is 0.182. The lowest BCUT2D eigenvalue weighted by atomic mass is 10.1. The number of nitrogens with two attached hydrogens (primary N) is 1. The van der Waals surface area contributed by atoms with Crippen LogP contribution >= 0.6 is 27.3 Å². The minimum absolute atomic E-state index is 0.190. The first-order chi connectivity index (χ1) is 8.77. The Morgan fingerprint density at radius 2 is 2.50 bits per heavy atom. The zero-order valence-corrected chi connectivity index (χ0v) is 12.2. The van der Waals surface area contributed by atoms with Gasteiger partial charge < -0.3 is 4.74 Å². The van der Waals surface area contributed by atoms with Gasteiger partial charge in [-0.1, -0.05) is 0 Å². The fourth-order valence-corrected chi connectivity index (χ4v) is 2.79. The SMILES string of the molecule is COCCn1ncc(Br)c1C(NN)c1cscn1. The Labute approximate surface area is 117 Å². The first-order valence-electron chi connectivity index (χ1n) is 5.32. The summed E-state index contributed by atoms with van der Waals surface area (Å²) >= 11 is 5.03. The van der Waals surface area contributed by atoms with Crippen LogP contribution in [0.5, 0.6) is 0 Å². The monoisotopic (exact) mass is 331 g/mol. The zero-order chi connectivity index (χ0) is 13.0. The first kappa shape index (κ1) is 13.6. The van der Waals surface area contributed by atoms with Crippen molar-refractivity contribution in [2.75, 3.05) is 13.7 Å². The number of hydrogen-bond donors (Lipinski definition) is 2. The number of hydrogen-bond acceptors (Lipinski definition) is 6. The quantitative estimate of drug-likeness (QED) is 0.616. The number of thiazole rings is 1. The van der Waals surface area contributed by atoms with Crippen LogP contribution in [0, 0.1) is 0 Å². The van der Waals surface area contributed by atoms with Gasteiger partial charge in [-0.15, -0.1) is 11.3 Å². The molecule has 0 saturated carbocycles. The van der Waals surface area contributed by atoms with Crippen molar-refractivity contribution in [1.82, 2.24) is 20.2 Å². The molecule has 8 heteroatoms. The van der Waals surface area contributed by atoms with Crippen LogP contribution < -0.4 is 11.3 Å². The van der Waals surface area contributed by atoms with E-state index in [0.717, 1.165) is 15.9 Å². The van der Waals surface area contributed by atoms with Gasteiger partial charge in [0.05, 0.1) is 40.7 Å². The molecule has 98 valence electrons. The number of nitrogens with one attached hydrogen (secondary N) is 1. The molecule has 3 N–H and O–H groups in total. The molecule has 6 nitrogen and oxygen atoms in total. The van der Waals surface area contributed by atoms with E-state index in [0.29, 0.717) is 13.2 Å². The molecule has 0 saturated heterocycles. The lowest BCUT2D eigenvalue weighted by Crippen LogP contribution is -2.31. The molecule has 0 aliphatic carbocycles. The standard InChI is InChI=1S/C10H14BrN5OS/c1-17-3-2-16-10(7(11)4-14-16)9(15-12)8-5-18-6-13-8/h4-6,9,15H,2-3,12H2,1H3. The molecule has 0 aromatic carbocycles. The molecule has 2 aromatic rings. The molecule has 0 aliphatic heterocycles. The third-order valence-electron chi connectivity index (χ3n) is 2.53. The smallest absolute Gasteiger partial charge is 0.107 e. The Morgan fingerprint density at radius 1 is 1.67 bits per heavy atom. The summed E-state index contributed by atoms with van der Waals surface area (Å²) in [4.78, 5) is 4.29. The summed E-state index contributed by atoms with van der Waals surface area (Å²) in [5.41, 5.74) is 6.38. The highest BCUT2D eigenvalue weighted by Crippen LogP contribution is 2.27. The van der Waals surface area contributed by atoms with E-state index in [9.17, 15) is 0 Å². The summed E-state index contributed by atoms with van der Waals surface area (Å²) in [6, 6.07) is -0.190. The Bertz CT molecular complexity index is 486. The fraction of sp³-hybridized carbons (Fsp3) is 0.400. The van der Waals surface area contributed by atoms with Gasteiger partial charge in [-0.05, 0) is 15.9 Å². The summed E-state index contributed by atoms with van der Waals surface area (Å²) in [6.07, 6.45) is 1.75. The van der Waals surface area contributed by atoms with Gasteiger partial charge in [0.25, 0.3) is 0 Å². The van der Waals surface area contributed by atoms with Crippen LogP contribution in [0.1, 0.15) is 17.4 Å². The predicted octanol–water partition coefficient (Wildman–Crippen LogP) is 1.30. The second-order valence-electron chi connectivity index (χ2n) is 3.61. The highest BCUT2D eigenvalue weighted by atomic mass is 79.9. The van der Waals surface area contributed by atoms with E-state index < -0.39 is 0 Å². The second-order valence-corrected chi connectivity index (χ2v) is 5.18. The van der Waals surface area contributed by atoms with Crippen LogP contribution in [0.3, 0.4) is 0 Å². The van der Waals surface area contributed by atoms with E-state index in [1.807, 2.05) is 10.1 Å². The van der Waals surface area contributed by atoms with E-state index in [-0.39, 0.29) is 6.04 Å². The van der Waals surface area contributed by atoms with Crippen molar-refractivity contribution in [3.05, 3.63) is 32.9 Å². The molecule has 2 aromatic heterocycles. The number of hydrazine groups is 1. The lowest BCUT2D eigenvalue weighted by Gasteiger charge is -2.16. The average Bonchev–Trinajstić information content (AvgIpc) is 3.00. The highest BCUT2D eigenvalue weighted by Gasteiger charge is 2.22. The number of methoxy groups -OCH3 is 1. The van der Waals surface area contributed by atoms with Gasteiger partial charge >= 0.3 is 0 Å². The molecule has 0 fully saturated rings.